The molecule has 0 aliphatic heterocycles. The summed E-state index contributed by atoms with van der Waals surface area (Å²) < 4.78 is 0.728. The van der Waals surface area contributed by atoms with Gasteiger partial charge in [0.1, 0.15) is 5.69 Å². The summed E-state index contributed by atoms with van der Waals surface area (Å²) in [6.07, 6.45) is 2.47. The lowest BCUT2D eigenvalue weighted by molar-refractivity contribution is 0.0790. The van der Waals surface area contributed by atoms with E-state index in [1.165, 1.54) is 5.56 Å². The van der Waals surface area contributed by atoms with Crippen LogP contribution in [-0.4, -0.2) is 29.4 Å². The SMILES string of the molecule is CN(CCc1ccccc1)C(=O)c1ncccc1Br. The van der Waals surface area contributed by atoms with E-state index in [0.29, 0.717) is 12.2 Å². The van der Waals surface area contributed by atoms with Crippen molar-refractivity contribution in [1.82, 2.24) is 9.88 Å². The number of rotatable bonds is 4. The normalized spacial score (nSPS) is 10.2. The third-order valence-corrected chi connectivity index (χ3v) is 3.53. The first-order valence-electron chi connectivity index (χ1n) is 6.08. The minimum absolute atomic E-state index is 0.0663. The molecular formula is C15H15BrN2O. The molecular weight excluding hydrogens is 304 g/mol. The molecule has 19 heavy (non-hydrogen) atoms. The number of carbonyl (C=O) groups is 1. The first-order chi connectivity index (χ1) is 9.18. The zero-order chi connectivity index (χ0) is 13.7. The number of halogens is 1. The number of likely N-dealkylation sites (N-methyl/N-ethyl adjacent to an activating group) is 1. The highest BCUT2D eigenvalue weighted by molar-refractivity contribution is 9.10. The van der Waals surface area contributed by atoms with Crippen LogP contribution in [0.2, 0.25) is 0 Å². The lowest BCUT2D eigenvalue weighted by atomic mass is 10.1. The largest absolute Gasteiger partial charge is 0.340 e. The maximum Gasteiger partial charge on any atom is 0.273 e. The van der Waals surface area contributed by atoms with Gasteiger partial charge < -0.3 is 4.90 Å². The van der Waals surface area contributed by atoms with Gasteiger partial charge in [-0.15, -0.1) is 0 Å². The minimum atomic E-state index is -0.0663. The minimum Gasteiger partial charge on any atom is -0.340 e. The maximum absolute atomic E-state index is 12.2. The van der Waals surface area contributed by atoms with Crippen LogP contribution < -0.4 is 0 Å². The van der Waals surface area contributed by atoms with E-state index >= 15 is 0 Å². The van der Waals surface area contributed by atoms with E-state index in [1.54, 1.807) is 24.2 Å². The number of amides is 1. The lowest BCUT2D eigenvalue weighted by Gasteiger charge is -2.17. The van der Waals surface area contributed by atoms with Gasteiger partial charge in [-0.1, -0.05) is 30.3 Å². The third-order valence-electron chi connectivity index (χ3n) is 2.89. The molecule has 3 nitrogen and oxygen atoms in total. The molecule has 0 aliphatic carbocycles. The van der Waals surface area contributed by atoms with Gasteiger partial charge in [0.15, 0.2) is 0 Å². The third kappa shape index (κ3) is 3.64. The molecule has 0 saturated heterocycles. The zero-order valence-electron chi connectivity index (χ0n) is 10.7. The highest BCUT2D eigenvalue weighted by Gasteiger charge is 2.15. The summed E-state index contributed by atoms with van der Waals surface area (Å²) in [4.78, 5) is 18.0. The predicted molar refractivity (Wildman–Crippen MR) is 79.0 cm³/mol. The first-order valence-corrected chi connectivity index (χ1v) is 6.87. The van der Waals surface area contributed by atoms with Gasteiger partial charge in [-0.05, 0) is 40.0 Å². The molecule has 1 aromatic heterocycles. The lowest BCUT2D eigenvalue weighted by Crippen LogP contribution is -2.29. The van der Waals surface area contributed by atoms with Gasteiger partial charge in [0, 0.05) is 24.3 Å². The van der Waals surface area contributed by atoms with Crippen LogP contribution >= 0.6 is 15.9 Å². The van der Waals surface area contributed by atoms with Crippen molar-refractivity contribution >= 4 is 21.8 Å². The highest BCUT2D eigenvalue weighted by atomic mass is 79.9. The number of hydrogen-bond acceptors (Lipinski definition) is 2. The number of pyridine rings is 1. The topological polar surface area (TPSA) is 33.2 Å². The van der Waals surface area contributed by atoms with Gasteiger partial charge in [-0.3, -0.25) is 4.79 Å². The summed E-state index contributed by atoms with van der Waals surface area (Å²) in [5.41, 5.74) is 1.68. The van der Waals surface area contributed by atoms with Crippen LogP contribution in [-0.2, 0) is 6.42 Å². The van der Waals surface area contributed by atoms with Crippen molar-refractivity contribution in [3.8, 4) is 0 Å². The van der Waals surface area contributed by atoms with Crippen molar-refractivity contribution in [2.45, 2.75) is 6.42 Å². The van der Waals surface area contributed by atoms with Crippen LogP contribution in [0.5, 0.6) is 0 Å². The quantitative estimate of drug-likeness (QED) is 0.867. The molecule has 0 radical (unpaired) electrons. The van der Waals surface area contributed by atoms with Crippen molar-refractivity contribution in [1.29, 1.82) is 0 Å². The maximum atomic E-state index is 12.2. The summed E-state index contributed by atoms with van der Waals surface area (Å²) in [5, 5.41) is 0. The van der Waals surface area contributed by atoms with E-state index < -0.39 is 0 Å². The second kappa shape index (κ2) is 6.48. The summed E-state index contributed by atoms with van der Waals surface area (Å²) >= 11 is 3.35. The molecule has 1 heterocycles. The average molecular weight is 319 g/mol. The second-order valence-corrected chi connectivity index (χ2v) is 5.15. The van der Waals surface area contributed by atoms with E-state index in [9.17, 15) is 4.79 Å². The molecule has 2 aromatic rings. The molecule has 1 amide bonds. The average Bonchev–Trinajstić information content (AvgIpc) is 2.45. The number of nitrogens with zero attached hydrogens (tertiary/aromatic N) is 2. The molecule has 0 spiro atoms. The van der Waals surface area contributed by atoms with Crippen molar-refractivity contribution in [3.05, 3.63) is 64.4 Å². The fourth-order valence-electron chi connectivity index (χ4n) is 1.77. The molecule has 0 bridgehead atoms. The van der Waals surface area contributed by atoms with E-state index in [4.69, 9.17) is 0 Å². The predicted octanol–water partition coefficient (Wildman–Crippen LogP) is 3.16. The van der Waals surface area contributed by atoms with Crippen LogP contribution in [0, 0.1) is 0 Å². The fraction of sp³-hybridized carbons (Fsp3) is 0.200. The fourth-order valence-corrected chi connectivity index (χ4v) is 2.19. The van der Waals surface area contributed by atoms with E-state index in [-0.39, 0.29) is 5.91 Å². The molecule has 4 heteroatoms. The summed E-state index contributed by atoms with van der Waals surface area (Å²) in [7, 11) is 1.80. The standard InChI is InChI=1S/C15H15BrN2O/c1-18(11-9-12-6-3-2-4-7-12)15(19)14-13(16)8-5-10-17-14/h2-8,10H,9,11H2,1H3. The monoisotopic (exact) mass is 318 g/mol. The van der Waals surface area contributed by atoms with Crippen LogP contribution in [0.15, 0.2) is 53.1 Å². The van der Waals surface area contributed by atoms with Crippen molar-refractivity contribution < 1.29 is 4.79 Å². The molecule has 0 saturated carbocycles. The summed E-state index contributed by atoms with van der Waals surface area (Å²) in [6.45, 7) is 0.672. The van der Waals surface area contributed by atoms with Gasteiger partial charge in [-0.2, -0.15) is 0 Å². The van der Waals surface area contributed by atoms with Gasteiger partial charge in [-0.25, -0.2) is 4.98 Å². The Morgan fingerprint density at radius 3 is 2.63 bits per heavy atom. The number of carbonyl (C=O) groups excluding carboxylic acids is 1. The van der Waals surface area contributed by atoms with Gasteiger partial charge in [0.05, 0.1) is 0 Å². The van der Waals surface area contributed by atoms with Crippen LogP contribution in [0.25, 0.3) is 0 Å². The Morgan fingerprint density at radius 1 is 1.21 bits per heavy atom. The van der Waals surface area contributed by atoms with Crippen LogP contribution in [0.1, 0.15) is 16.1 Å². The zero-order valence-corrected chi connectivity index (χ0v) is 12.3. The van der Waals surface area contributed by atoms with Crippen molar-refractivity contribution in [3.63, 3.8) is 0 Å². The van der Waals surface area contributed by atoms with Crippen molar-refractivity contribution in [2.75, 3.05) is 13.6 Å². The Bertz CT molecular complexity index is 557. The smallest absolute Gasteiger partial charge is 0.273 e. The van der Waals surface area contributed by atoms with Gasteiger partial charge in [0.2, 0.25) is 0 Å². The Labute approximate surface area is 121 Å². The summed E-state index contributed by atoms with van der Waals surface area (Å²) in [5.74, 6) is -0.0663. The van der Waals surface area contributed by atoms with Crippen LogP contribution in [0.4, 0.5) is 0 Å². The molecule has 0 atom stereocenters. The molecule has 0 fully saturated rings. The summed E-state index contributed by atoms with van der Waals surface area (Å²) in [6, 6.07) is 13.8. The van der Waals surface area contributed by atoms with Gasteiger partial charge in [0.25, 0.3) is 5.91 Å². The molecule has 98 valence electrons. The highest BCUT2D eigenvalue weighted by Crippen LogP contribution is 2.15. The molecule has 0 unspecified atom stereocenters. The molecule has 2 rings (SSSR count). The Morgan fingerprint density at radius 2 is 1.95 bits per heavy atom. The Kier molecular flexibility index (Phi) is 4.68. The van der Waals surface area contributed by atoms with E-state index in [1.807, 2.05) is 24.3 Å². The number of hydrogen-bond donors (Lipinski definition) is 0. The van der Waals surface area contributed by atoms with Gasteiger partial charge >= 0.3 is 0 Å². The second-order valence-electron chi connectivity index (χ2n) is 4.30. The molecule has 1 aromatic carbocycles. The first kappa shape index (κ1) is 13.7. The van der Waals surface area contributed by atoms with E-state index in [0.717, 1.165) is 10.9 Å². The number of aromatic nitrogens is 1. The Balaban J connectivity index is 1.99. The Hall–Kier alpha value is -1.68. The van der Waals surface area contributed by atoms with E-state index in [2.05, 4.69) is 33.0 Å². The van der Waals surface area contributed by atoms with Crippen molar-refractivity contribution in [2.24, 2.45) is 0 Å². The van der Waals surface area contributed by atoms with Crippen LogP contribution in [0.3, 0.4) is 0 Å². The number of benzene rings is 1. The molecule has 0 N–H and O–H groups in total. The molecule has 0 aliphatic rings.